The number of H-pyrrole nitrogens is 1. The number of aromatic amines is 1. The number of nitrogen functional groups attached to an aromatic ring is 1. The van der Waals surface area contributed by atoms with Crippen molar-refractivity contribution < 1.29 is 4.74 Å². The van der Waals surface area contributed by atoms with E-state index in [1.54, 1.807) is 18.4 Å². The summed E-state index contributed by atoms with van der Waals surface area (Å²) in [4.78, 5) is 12.8. The first-order chi connectivity index (χ1) is 13.2. The molecule has 27 heavy (non-hydrogen) atoms. The minimum atomic E-state index is 0.336. The SMILES string of the molecule is COC1CCN(c2nc3c(N)nc4cc(-c5cc[nH]n5)sc4c3n2C)CC1. The Balaban J connectivity index is 1.64. The van der Waals surface area contributed by atoms with Crippen LogP contribution in [0.3, 0.4) is 0 Å². The van der Waals surface area contributed by atoms with Crippen LogP contribution in [0.2, 0.25) is 0 Å². The van der Waals surface area contributed by atoms with E-state index in [1.165, 1.54) is 0 Å². The number of fused-ring (bicyclic) bond motifs is 3. The predicted octanol–water partition coefficient (Wildman–Crippen LogP) is 2.77. The molecule has 140 valence electrons. The molecular weight excluding hydrogens is 362 g/mol. The van der Waals surface area contributed by atoms with E-state index in [0.29, 0.717) is 11.9 Å². The Morgan fingerprint density at radius 3 is 2.81 bits per heavy atom. The summed E-state index contributed by atoms with van der Waals surface area (Å²) in [5.74, 6) is 1.41. The van der Waals surface area contributed by atoms with Gasteiger partial charge in [-0.25, -0.2) is 9.97 Å². The minimum absolute atomic E-state index is 0.336. The molecule has 0 bridgehead atoms. The highest BCUT2D eigenvalue weighted by atomic mass is 32.1. The first-order valence-electron chi connectivity index (χ1n) is 8.99. The molecule has 5 rings (SSSR count). The lowest BCUT2D eigenvalue weighted by Gasteiger charge is -2.31. The Morgan fingerprint density at radius 2 is 2.11 bits per heavy atom. The number of thiophene rings is 1. The number of nitrogens with one attached hydrogen (secondary N) is 1. The number of methoxy groups -OCH3 is 1. The molecule has 3 N–H and O–H groups in total. The van der Waals surface area contributed by atoms with Crippen molar-refractivity contribution in [3.63, 3.8) is 0 Å². The number of piperidine rings is 1. The lowest BCUT2D eigenvalue weighted by molar-refractivity contribution is 0.0816. The maximum Gasteiger partial charge on any atom is 0.206 e. The van der Waals surface area contributed by atoms with Crippen molar-refractivity contribution in [3.05, 3.63) is 18.3 Å². The zero-order valence-corrected chi connectivity index (χ0v) is 16.1. The van der Waals surface area contributed by atoms with Crippen molar-refractivity contribution >= 4 is 44.4 Å². The average Bonchev–Trinajstić information content (AvgIpc) is 3.40. The second kappa shape index (κ2) is 6.21. The van der Waals surface area contributed by atoms with Crippen molar-refractivity contribution in [1.29, 1.82) is 0 Å². The van der Waals surface area contributed by atoms with Crippen molar-refractivity contribution in [1.82, 2.24) is 24.7 Å². The van der Waals surface area contributed by atoms with E-state index in [0.717, 1.165) is 63.7 Å². The van der Waals surface area contributed by atoms with Crippen LogP contribution in [-0.2, 0) is 11.8 Å². The number of imidazole rings is 1. The molecule has 0 unspecified atom stereocenters. The standard InChI is InChI=1S/C18H21N7OS/c1-24-15-14(22-18(24)25-7-4-10(26-2)5-8-25)17(19)21-12-9-13(27-16(12)15)11-3-6-20-23-11/h3,6,9-10H,4-5,7-8H2,1-2H3,(H2,19,21)(H,20,23). The fourth-order valence-electron chi connectivity index (χ4n) is 3.84. The quantitative estimate of drug-likeness (QED) is 0.564. The smallest absolute Gasteiger partial charge is 0.206 e. The van der Waals surface area contributed by atoms with E-state index in [4.69, 9.17) is 15.5 Å². The fourth-order valence-corrected chi connectivity index (χ4v) is 4.99. The summed E-state index contributed by atoms with van der Waals surface area (Å²) >= 11 is 1.67. The van der Waals surface area contributed by atoms with Crippen molar-refractivity contribution in [2.75, 3.05) is 30.8 Å². The zero-order valence-electron chi connectivity index (χ0n) is 15.3. The lowest BCUT2D eigenvalue weighted by Crippen LogP contribution is -2.37. The van der Waals surface area contributed by atoms with E-state index in [-0.39, 0.29) is 0 Å². The largest absolute Gasteiger partial charge is 0.382 e. The van der Waals surface area contributed by atoms with Crippen LogP contribution < -0.4 is 10.6 Å². The van der Waals surface area contributed by atoms with E-state index in [9.17, 15) is 0 Å². The second-order valence-corrected chi connectivity index (χ2v) is 7.92. The van der Waals surface area contributed by atoms with Gasteiger partial charge in [-0.3, -0.25) is 5.10 Å². The molecule has 5 heterocycles. The van der Waals surface area contributed by atoms with Crippen LogP contribution >= 0.6 is 11.3 Å². The Labute approximate surface area is 160 Å². The van der Waals surface area contributed by atoms with Gasteiger partial charge in [0.15, 0.2) is 5.82 Å². The molecule has 1 aliphatic heterocycles. The Hall–Kier alpha value is -2.65. The second-order valence-electron chi connectivity index (χ2n) is 6.87. The maximum absolute atomic E-state index is 6.26. The van der Waals surface area contributed by atoms with E-state index in [1.807, 2.05) is 18.3 Å². The number of ether oxygens (including phenoxy) is 1. The van der Waals surface area contributed by atoms with Crippen LogP contribution in [0, 0.1) is 0 Å². The van der Waals surface area contributed by atoms with Crippen LogP contribution in [0.1, 0.15) is 12.8 Å². The summed E-state index contributed by atoms with van der Waals surface area (Å²) in [5, 5.41) is 7.15. The first kappa shape index (κ1) is 16.5. The molecule has 0 atom stereocenters. The summed E-state index contributed by atoms with van der Waals surface area (Å²) < 4.78 is 8.72. The number of pyridine rings is 1. The molecule has 0 radical (unpaired) electrons. The van der Waals surface area contributed by atoms with Crippen molar-refractivity contribution in [2.24, 2.45) is 7.05 Å². The normalized spacial score (nSPS) is 16.0. The lowest BCUT2D eigenvalue weighted by atomic mass is 10.1. The van der Waals surface area contributed by atoms with E-state index in [2.05, 4.69) is 31.7 Å². The minimum Gasteiger partial charge on any atom is -0.382 e. The van der Waals surface area contributed by atoms with Gasteiger partial charge in [-0.1, -0.05) is 0 Å². The number of hydrogen-bond donors (Lipinski definition) is 2. The fraction of sp³-hybridized carbons (Fsp3) is 0.389. The molecule has 0 saturated carbocycles. The monoisotopic (exact) mass is 383 g/mol. The average molecular weight is 383 g/mol. The topological polar surface area (TPSA) is 97.9 Å². The van der Waals surface area contributed by atoms with Gasteiger partial charge in [0.2, 0.25) is 5.95 Å². The Bertz CT molecular complexity index is 1110. The van der Waals surface area contributed by atoms with Gasteiger partial charge in [0, 0.05) is 33.4 Å². The molecule has 4 aromatic rings. The Morgan fingerprint density at radius 1 is 1.30 bits per heavy atom. The molecular formula is C18H21N7OS. The van der Waals surface area contributed by atoms with Crippen LogP contribution in [0.5, 0.6) is 0 Å². The van der Waals surface area contributed by atoms with Gasteiger partial charge in [0.05, 0.1) is 26.7 Å². The number of nitrogens with two attached hydrogens (primary N) is 1. The molecule has 4 aromatic heterocycles. The number of anilines is 2. The van der Waals surface area contributed by atoms with E-state index >= 15 is 0 Å². The van der Waals surface area contributed by atoms with Gasteiger partial charge in [-0.05, 0) is 25.0 Å². The van der Waals surface area contributed by atoms with Crippen LogP contribution in [0.15, 0.2) is 18.3 Å². The summed E-state index contributed by atoms with van der Waals surface area (Å²) in [6, 6.07) is 4.00. The van der Waals surface area contributed by atoms with Gasteiger partial charge < -0.3 is 19.9 Å². The van der Waals surface area contributed by atoms with Gasteiger partial charge in [-0.15, -0.1) is 11.3 Å². The van der Waals surface area contributed by atoms with Gasteiger partial charge in [0.1, 0.15) is 11.2 Å². The number of rotatable bonds is 3. The van der Waals surface area contributed by atoms with Crippen molar-refractivity contribution in [2.45, 2.75) is 18.9 Å². The molecule has 0 amide bonds. The third-order valence-corrected chi connectivity index (χ3v) is 6.45. The first-order valence-corrected chi connectivity index (χ1v) is 9.80. The highest BCUT2D eigenvalue weighted by Gasteiger charge is 2.25. The highest BCUT2D eigenvalue weighted by molar-refractivity contribution is 7.23. The summed E-state index contributed by atoms with van der Waals surface area (Å²) in [5.41, 5.74) is 9.86. The third kappa shape index (κ3) is 2.57. The van der Waals surface area contributed by atoms with Crippen molar-refractivity contribution in [3.8, 4) is 10.6 Å². The third-order valence-electron chi connectivity index (χ3n) is 5.29. The number of hydrogen-bond acceptors (Lipinski definition) is 7. The van der Waals surface area contributed by atoms with Gasteiger partial charge in [-0.2, -0.15) is 5.10 Å². The molecule has 9 heteroatoms. The highest BCUT2D eigenvalue weighted by Crippen LogP contribution is 2.39. The summed E-state index contributed by atoms with van der Waals surface area (Å²) in [6.07, 6.45) is 4.17. The zero-order chi connectivity index (χ0) is 18.5. The number of aromatic nitrogens is 5. The molecule has 1 fully saturated rings. The van der Waals surface area contributed by atoms with E-state index < -0.39 is 0 Å². The predicted molar refractivity (Wildman–Crippen MR) is 108 cm³/mol. The molecule has 0 spiro atoms. The van der Waals surface area contributed by atoms with Crippen LogP contribution in [0.25, 0.3) is 31.8 Å². The Kier molecular flexibility index (Phi) is 3.80. The number of aryl methyl sites for hydroxylation is 1. The van der Waals surface area contributed by atoms with Crippen LogP contribution in [0.4, 0.5) is 11.8 Å². The molecule has 8 nitrogen and oxygen atoms in total. The van der Waals surface area contributed by atoms with Crippen LogP contribution in [-0.4, -0.2) is 51.0 Å². The summed E-state index contributed by atoms with van der Waals surface area (Å²) in [7, 11) is 3.84. The molecule has 0 aromatic carbocycles. The summed E-state index contributed by atoms with van der Waals surface area (Å²) in [6.45, 7) is 1.85. The number of nitrogens with zero attached hydrogens (tertiary/aromatic N) is 5. The molecule has 1 saturated heterocycles. The molecule has 0 aliphatic carbocycles. The molecule has 1 aliphatic rings. The van der Waals surface area contributed by atoms with Gasteiger partial charge >= 0.3 is 0 Å². The maximum atomic E-state index is 6.26. The van der Waals surface area contributed by atoms with Gasteiger partial charge in [0.25, 0.3) is 0 Å².